The molecule has 0 radical (unpaired) electrons. The van der Waals surface area contributed by atoms with Gasteiger partial charge in [-0.2, -0.15) is 0 Å². The van der Waals surface area contributed by atoms with Crippen LogP contribution in [-0.4, -0.2) is 31.1 Å². The van der Waals surface area contributed by atoms with Crippen molar-refractivity contribution < 1.29 is 4.79 Å². The number of benzene rings is 1. The van der Waals surface area contributed by atoms with Gasteiger partial charge in [0.2, 0.25) is 5.78 Å². The van der Waals surface area contributed by atoms with Gasteiger partial charge in [0.05, 0.1) is 5.75 Å². The molecule has 0 aliphatic heterocycles. The summed E-state index contributed by atoms with van der Waals surface area (Å²) in [6.07, 6.45) is 0. The molecule has 1 N–H and O–H groups in total. The monoisotopic (exact) mass is 314 g/mol. The Morgan fingerprint density at radius 1 is 1.23 bits per heavy atom. The van der Waals surface area contributed by atoms with Crippen molar-refractivity contribution in [2.24, 2.45) is 0 Å². The summed E-state index contributed by atoms with van der Waals surface area (Å²) < 4.78 is 1.76. The Balaban J connectivity index is 1.88. The number of nitrogens with one attached hydrogen (secondary N) is 1. The number of H-pyrrole nitrogens is 1. The maximum atomic E-state index is 12.1. The highest BCUT2D eigenvalue weighted by molar-refractivity contribution is 7.99. The maximum absolute atomic E-state index is 12.1. The van der Waals surface area contributed by atoms with Crippen LogP contribution in [-0.2, 0) is 0 Å². The van der Waals surface area contributed by atoms with E-state index in [0.717, 1.165) is 5.69 Å². The zero-order valence-electron chi connectivity index (χ0n) is 12.2. The largest absolute Gasteiger partial charge is 0.293 e. The van der Waals surface area contributed by atoms with Crippen molar-refractivity contribution in [1.29, 1.82) is 0 Å². The molecule has 0 amide bonds. The van der Waals surface area contributed by atoms with Crippen molar-refractivity contribution in [3.8, 4) is 0 Å². The van der Waals surface area contributed by atoms with Crippen LogP contribution >= 0.6 is 11.8 Å². The topological polar surface area (TPSA) is 80.1 Å². The SMILES string of the molecule is Cc1c(C)n2c(SCC(=O)c3ccccc3)nnc2[nH]c1=O. The van der Waals surface area contributed by atoms with E-state index in [1.54, 1.807) is 23.5 Å². The standard InChI is InChI=1S/C15H14N4O2S/c1-9-10(2)19-14(16-13(9)21)17-18-15(19)22-8-12(20)11-6-4-3-5-7-11/h3-7H,8H2,1-2H3,(H,16,17,21). The van der Waals surface area contributed by atoms with E-state index in [4.69, 9.17) is 0 Å². The number of thioether (sulfide) groups is 1. The van der Waals surface area contributed by atoms with Gasteiger partial charge in [0.1, 0.15) is 0 Å². The number of hydrogen-bond donors (Lipinski definition) is 1. The molecule has 0 fully saturated rings. The van der Waals surface area contributed by atoms with Crippen LogP contribution in [0.4, 0.5) is 0 Å². The average molecular weight is 314 g/mol. The summed E-state index contributed by atoms with van der Waals surface area (Å²) in [6.45, 7) is 3.58. The maximum Gasteiger partial charge on any atom is 0.255 e. The average Bonchev–Trinajstić information content (AvgIpc) is 2.94. The molecule has 3 rings (SSSR count). The lowest BCUT2D eigenvalue weighted by Gasteiger charge is -2.05. The molecule has 0 saturated heterocycles. The van der Waals surface area contributed by atoms with E-state index in [1.165, 1.54) is 11.8 Å². The lowest BCUT2D eigenvalue weighted by Crippen LogP contribution is -2.15. The minimum absolute atomic E-state index is 0.0288. The number of carbonyl (C=O) groups excluding carboxylic acids is 1. The van der Waals surface area contributed by atoms with Gasteiger partial charge in [0.25, 0.3) is 5.56 Å². The number of rotatable bonds is 4. The third kappa shape index (κ3) is 2.55. The van der Waals surface area contributed by atoms with E-state index in [1.807, 2.05) is 25.1 Å². The van der Waals surface area contributed by atoms with Crippen LogP contribution in [0.5, 0.6) is 0 Å². The Hall–Kier alpha value is -2.41. The lowest BCUT2D eigenvalue weighted by atomic mass is 10.2. The quantitative estimate of drug-likeness (QED) is 0.588. The number of Topliss-reactive ketones (excluding diaryl/α,β-unsaturated/α-hetero) is 1. The number of fused-ring (bicyclic) bond motifs is 1. The van der Waals surface area contributed by atoms with Gasteiger partial charge >= 0.3 is 0 Å². The fourth-order valence-electron chi connectivity index (χ4n) is 2.11. The van der Waals surface area contributed by atoms with E-state index in [0.29, 0.717) is 22.1 Å². The number of ketones is 1. The zero-order chi connectivity index (χ0) is 15.7. The molecule has 112 valence electrons. The van der Waals surface area contributed by atoms with Crippen LogP contribution in [0.15, 0.2) is 40.3 Å². The molecule has 22 heavy (non-hydrogen) atoms. The fraction of sp³-hybridized carbons (Fsp3) is 0.200. The molecule has 0 aliphatic rings. The van der Waals surface area contributed by atoms with Gasteiger partial charge in [-0.05, 0) is 13.8 Å². The number of nitrogens with zero attached hydrogens (tertiary/aromatic N) is 3. The second-order valence-corrected chi connectivity index (χ2v) is 5.83. The van der Waals surface area contributed by atoms with Crippen LogP contribution in [0, 0.1) is 13.8 Å². The molecule has 0 unspecified atom stereocenters. The molecule has 3 aromatic rings. The second kappa shape index (κ2) is 5.76. The molecule has 0 bridgehead atoms. The van der Waals surface area contributed by atoms with Crippen molar-refractivity contribution in [2.75, 3.05) is 5.75 Å². The van der Waals surface area contributed by atoms with E-state index in [9.17, 15) is 9.59 Å². The van der Waals surface area contributed by atoms with Crippen LogP contribution in [0.3, 0.4) is 0 Å². The summed E-state index contributed by atoms with van der Waals surface area (Å²) >= 11 is 1.31. The first-order valence-electron chi connectivity index (χ1n) is 6.73. The van der Waals surface area contributed by atoms with Crippen molar-refractivity contribution >= 4 is 23.3 Å². The van der Waals surface area contributed by atoms with Gasteiger partial charge < -0.3 is 0 Å². The minimum atomic E-state index is -0.172. The first kappa shape index (κ1) is 14.5. The first-order valence-corrected chi connectivity index (χ1v) is 7.72. The minimum Gasteiger partial charge on any atom is -0.293 e. The Bertz CT molecular complexity index is 899. The molecule has 0 saturated carbocycles. The Morgan fingerprint density at radius 2 is 1.95 bits per heavy atom. The van der Waals surface area contributed by atoms with Crippen LogP contribution in [0.25, 0.3) is 5.78 Å². The Labute approximate surface area is 130 Å². The number of aromatic amines is 1. The van der Waals surface area contributed by atoms with E-state index in [-0.39, 0.29) is 17.1 Å². The Kier molecular flexibility index (Phi) is 3.81. The van der Waals surface area contributed by atoms with Gasteiger partial charge in [0, 0.05) is 16.8 Å². The van der Waals surface area contributed by atoms with Gasteiger partial charge in [0.15, 0.2) is 10.9 Å². The molecule has 6 nitrogen and oxygen atoms in total. The second-order valence-electron chi connectivity index (χ2n) is 4.88. The molecule has 1 aromatic carbocycles. The van der Waals surface area contributed by atoms with Crippen LogP contribution < -0.4 is 5.56 Å². The van der Waals surface area contributed by atoms with Crippen LogP contribution in [0.1, 0.15) is 21.6 Å². The molecule has 2 aromatic heterocycles. The van der Waals surface area contributed by atoms with Gasteiger partial charge in [-0.25, -0.2) is 0 Å². The molecule has 0 aliphatic carbocycles. The van der Waals surface area contributed by atoms with E-state index >= 15 is 0 Å². The molecular weight excluding hydrogens is 300 g/mol. The third-order valence-electron chi connectivity index (χ3n) is 3.51. The molecule has 0 atom stereocenters. The molecule has 2 heterocycles. The summed E-state index contributed by atoms with van der Waals surface area (Å²) in [5, 5.41) is 8.61. The van der Waals surface area contributed by atoms with Crippen molar-refractivity contribution in [1.82, 2.24) is 19.6 Å². The lowest BCUT2D eigenvalue weighted by molar-refractivity contribution is 0.102. The highest BCUT2D eigenvalue weighted by Crippen LogP contribution is 2.19. The number of carbonyl (C=O) groups is 1. The zero-order valence-corrected chi connectivity index (χ0v) is 13.0. The van der Waals surface area contributed by atoms with Crippen molar-refractivity contribution in [2.45, 2.75) is 19.0 Å². The predicted molar refractivity (Wildman–Crippen MR) is 84.6 cm³/mol. The predicted octanol–water partition coefficient (Wildman–Crippen LogP) is 2.01. The fourth-order valence-corrected chi connectivity index (χ4v) is 2.99. The molecule has 0 spiro atoms. The van der Waals surface area contributed by atoms with E-state index < -0.39 is 0 Å². The van der Waals surface area contributed by atoms with Gasteiger partial charge in [-0.1, -0.05) is 42.1 Å². The Morgan fingerprint density at radius 3 is 2.68 bits per heavy atom. The number of hydrogen-bond acceptors (Lipinski definition) is 5. The first-order chi connectivity index (χ1) is 10.6. The molecule has 7 heteroatoms. The van der Waals surface area contributed by atoms with Crippen LogP contribution in [0.2, 0.25) is 0 Å². The number of aryl methyl sites for hydroxylation is 1. The van der Waals surface area contributed by atoms with Gasteiger partial charge in [-0.3, -0.25) is 19.0 Å². The summed E-state index contributed by atoms with van der Waals surface area (Å²) in [4.78, 5) is 26.5. The number of aromatic nitrogens is 4. The summed E-state index contributed by atoms with van der Waals surface area (Å²) in [5.74, 6) is 0.687. The smallest absolute Gasteiger partial charge is 0.255 e. The van der Waals surface area contributed by atoms with Crippen molar-refractivity contribution in [3.05, 3.63) is 57.5 Å². The summed E-state index contributed by atoms with van der Waals surface area (Å²) in [5.41, 5.74) is 1.89. The highest BCUT2D eigenvalue weighted by Gasteiger charge is 2.14. The normalized spacial score (nSPS) is 11.0. The molecular formula is C15H14N4O2S. The van der Waals surface area contributed by atoms with Crippen molar-refractivity contribution in [3.63, 3.8) is 0 Å². The third-order valence-corrected chi connectivity index (χ3v) is 4.43. The van der Waals surface area contributed by atoms with Gasteiger partial charge in [-0.15, -0.1) is 10.2 Å². The van der Waals surface area contributed by atoms with E-state index in [2.05, 4.69) is 15.2 Å². The summed E-state index contributed by atoms with van der Waals surface area (Å²) in [7, 11) is 0. The highest BCUT2D eigenvalue weighted by atomic mass is 32.2. The summed E-state index contributed by atoms with van der Waals surface area (Å²) in [6, 6.07) is 9.12.